The highest BCUT2D eigenvalue weighted by Crippen LogP contribution is 2.26. The van der Waals surface area contributed by atoms with Gasteiger partial charge in [-0.05, 0) is 12.8 Å². The monoisotopic (exact) mass is 115 g/mol. The van der Waals surface area contributed by atoms with E-state index in [0.717, 1.165) is 19.3 Å². The molecule has 0 heterocycles. The molecule has 0 saturated heterocycles. The number of rotatable bonds is 1. The quantitative estimate of drug-likeness (QED) is 0.497. The van der Waals surface area contributed by atoms with Crippen LogP contribution >= 0.6 is 0 Å². The van der Waals surface area contributed by atoms with Crippen LogP contribution in [0.1, 0.15) is 19.3 Å². The van der Waals surface area contributed by atoms with E-state index in [9.17, 15) is 4.79 Å². The summed E-state index contributed by atoms with van der Waals surface area (Å²) >= 11 is 0. The van der Waals surface area contributed by atoms with Gasteiger partial charge in [-0.15, -0.1) is 0 Å². The smallest absolute Gasteiger partial charge is 0.327 e. The highest BCUT2D eigenvalue weighted by atomic mass is 16.7. The van der Waals surface area contributed by atoms with Gasteiger partial charge in [0.25, 0.3) is 0 Å². The molecule has 3 nitrogen and oxygen atoms in total. The van der Waals surface area contributed by atoms with Crippen molar-refractivity contribution in [3.05, 3.63) is 0 Å². The van der Waals surface area contributed by atoms with Crippen molar-refractivity contribution in [2.24, 2.45) is 11.8 Å². The Morgan fingerprint density at radius 1 is 1.62 bits per heavy atom. The van der Waals surface area contributed by atoms with E-state index < -0.39 is 0 Å². The van der Waals surface area contributed by atoms with Gasteiger partial charge in [-0.3, -0.25) is 4.79 Å². The average Bonchev–Trinajstić information content (AvgIpc) is 1.62. The zero-order chi connectivity index (χ0) is 5.98. The normalized spacial score (nSPS) is 19.6. The summed E-state index contributed by atoms with van der Waals surface area (Å²) in [6.07, 6.45) is 3.05. The van der Waals surface area contributed by atoms with Gasteiger partial charge < -0.3 is 4.84 Å². The van der Waals surface area contributed by atoms with Crippen molar-refractivity contribution in [3.8, 4) is 0 Å². The molecule has 0 unspecified atom stereocenters. The zero-order valence-electron chi connectivity index (χ0n) is 4.59. The van der Waals surface area contributed by atoms with Gasteiger partial charge in [0.1, 0.15) is 0 Å². The Labute approximate surface area is 47.8 Å². The molecule has 0 atom stereocenters. The molecule has 8 heavy (non-hydrogen) atoms. The molecule has 0 spiro atoms. The van der Waals surface area contributed by atoms with Gasteiger partial charge in [-0.25, -0.2) is 0 Å². The van der Waals surface area contributed by atoms with Crippen LogP contribution in [-0.2, 0) is 9.63 Å². The molecule has 0 amide bonds. The van der Waals surface area contributed by atoms with Crippen molar-refractivity contribution in [2.75, 3.05) is 0 Å². The molecule has 0 aromatic heterocycles. The first-order valence-electron chi connectivity index (χ1n) is 2.75. The molecule has 3 heteroatoms. The van der Waals surface area contributed by atoms with Gasteiger partial charge in [0.05, 0.1) is 5.92 Å². The summed E-state index contributed by atoms with van der Waals surface area (Å²) in [4.78, 5) is 14.5. The van der Waals surface area contributed by atoms with Crippen LogP contribution in [0.4, 0.5) is 0 Å². The lowest BCUT2D eigenvalue weighted by molar-refractivity contribution is -0.151. The molecule has 46 valence electrons. The SMILES string of the molecule is NOC(=O)C1CCC1. The lowest BCUT2D eigenvalue weighted by atomic mass is 9.86. The van der Waals surface area contributed by atoms with Gasteiger partial charge >= 0.3 is 5.97 Å². The highest BCUT2D eigenvalue weighted by molar-refractivity contribution is 5.72. The first-order valence-corrected chi connectivity index (χ1v) is 2.75. The molecule has 1 aliphatic carbocycles. The van der Waals surface area contributed by atoms with Crippen molar-refractivity contribution in [2.45, 2.75) is 19.3 Å². The van der Waals surface area contributed by atoms with Crippen LogP contribution in [-0.4, -0.2) is 5.97 Å². The summed E-state index contributed by atoms with van der Waals surface area (Å²) in [7, 11) is 0. The molecule has 0 radical (unpaired) electrons. The summed E-state index contributed by atoms with van der Waals surface area (Å²) in [5.74, 6) is 4.49. The number of carbonyl (C=O) groups excluding carboxylic acids is 1. The maximum absolute atomic E-state index is 10.4. The molecule has 1 rings (SSSR count). The standard InChI is InChI=1S/C5H9NO2/c6-8-5(7)4-2-1-3-4/h4H,1-3,6H2. The number of hydrogen-bond acceptors (Lipinski definition) is 3. The van der Waals surface area contributed by atoms with Crippen molar-refractivity contribution < 1.29 is 9.63 Å². The predicted octanol–water partition coefficient (Wildman–Crippen LogP) is 0.203. The third-order valence-corrected chi connectivity index (χ3v) is 1.55. The number of nitrogens with two attached hydrogens (primary N) is 1. The van der Waals surface area contributed by atoms with E-state index in [0.29, 0.717) is 0 Å². The molecule has 0 aromatic rings. The minimum atomic E-state index is -0.253. The zero-order valence-corrected chi connectivity index (χ0v) is 4.59. The third-order valence-electron chi connectivity index (χ3n) is 1.55. The minimum absolute atomic E-state index is 0.111. The maximum atomic E-state index is 10.4. The third kappa shape index (κ3) is 0.816. The van der Waals surface area contributed by atoms with Gasteiger partial charge in [0.15, 0.2) is 0 Å². The van der Waals surface area contributed by atoms with Crippen LogP contribution < -0.4 is 5.90 Å². The lowest BCUT2D eigenvalue weighted by Gasteiger charge is -2.21. The fourth-order valence-electron chi connectivity index (χ4n) is 0.740. The van der Waals surface area contributed by atoms with E-state index in [2.05, 4.69) is 10.7 Å². The van der Waals surface area contributed by atoms with Crippen LogP contribution in [0.25, 0.3) is 0 Å². The van der Waals surface area contributed by atoms with Crippen LogP contribution in [0, 0.1) is 5.92 Å². The first-order chi connectivity index (χ1) is 3.84. The summed E-state index contributed by atoms with van der Waals surface area (Å²) < 4.78 is 0. The predicted molar refractivity (Wildman–Crippen MR) is 27.6 cm³/mol. The summed E-state index contributed by atoms with van der Waals surface area (Å²) in [5, 5.41) is 0. The Balaban J connectivity index is 2.24. The molecular formula is C5H9NO2. The molecular weight excluding hydrogens is 106 g/mol. The van der Waals surface area contributed by atoms with Crippen LogP contribution in [0.2, 0.25) is 0 Å². The second kappa shape index (κ2) is 2.13. The highest BCUT2D eigenvalue weighted by Gasteiger charge is 2.25. The molecule has 0 aliphatic heterocycles. The van der Waals surface area contributed by atoms with E-state index >= 15 is 0 Å². The van der Waals surface area contributed by atoms with Crippen molar-refractivity contribution in [1.82, 2.24) is 0 Å². The minimum Gasteiger partial charge on any atom is -0.373 e. The second-order valence-electron chi connectivity index (χ2n) is 2.06. The van der Waals surface area contributed by atoms with E-state index in [1.165, 1.54) is 0 Å². The van der Waals surface area contributed by atoms with Crippen LogP contribution in [0.15, 0.2) is 0 Å². The Morgan fingerprint density at radius 3 is 2.38 bits per heavy atom. The molecule has 1 fully saturated rings. The van der Waals surface area contributed by atoms with Crippen LogP contribution in [0.5, 0.6) is 0 Å². The Morgan fingerprint density at radius 2 is 2.25 bits per heavy atom. The Bertz CT molecular complexity index is 98.6. The lowest BCUT2D eigenvalue weighted by Crippen LogP contribution is -2.26. The Hall–Kier alpha value is -0.570. The second-order valence-corrected chi connectivity index (χ2v) is 2.06. The number of hydrogen-bond donors (Lipinski definition) is 1. The topological polar surface area (TPSA) is 52.3 Å². The Kier molecular flexibility index (Phi) is 1.48. The molecule has 0 aromatic carbocycles. The summed E-state index contributed by atoms with van der Waals surface area (Å²) in [6.45, 7) is 0. The maximum Gasteiger partial charge on any atom is 0.327 e. The van der Waals surface area contributed by atoms with Gasteiger partial charge in [-0.1, -0.05) is 6.42 Å². The summed E-state index contributed by atoms with van der Waals surface area (Å²) in [5.41, 5.74) is 0. The fourth-order valence-corrected chi connectivity index (χ4v) is 0.740. The van der Waals surface area contributed by atoms with E-state index in [-0.39, 0.29) is 11.9 Å². The molecule has 2 N–H and O–H groups in total. The van der Waals surface area contributed by atoms with E-state index in [4.69, 9.17) is 0 Å². The van der Waals surface area contributed by atoms with E-state index in [1.807, 2.05) is 0 Å². The van der Waals surface area contributed by atoms with E-state index in [1.54, 1.807) is 0 Å². The van der Waals surface area contributed by atoms with Gasteiger partial charge in [0.2, 0.25) is 0 Å². The molecule has 0 bridgehead atoms. The number of carbonyl (C=O) groups is 1. The molecule has 1 aliphatic rings. The largest absolute Gasteiger partial charge is 0.373 e. The average molecular weight is 115 g/mol. The first kappa shape index (κ1) is 5.56. The van der Waals surface area contributed by atoms with Crippen LogP contribution in [0.3, 0.4) is 0 Å². The molecule has 1 saturated carbocycles. The summed E-state index contributed by atoms with van der Waals surface area (Å²) in [6, 6.07) is 0. The van der Waals surface area contributed by atoms with Gasteiger partial charge in [-0.2, -0.15) is 5.90 Å². The van der Waals surface area contributed by atoms with Crippen molar-refractivity contribution in [1.29, 1.82) is 0 Å². The van der Waals surface area contributed by atoms with Crippen molar-refractivity contribution in [3.63, 3.8) is 0 Å². The van der Waals surface area contributed by atoms with Gasteiger partial charge in [0, 0.05) is 0 Å². The fraction of sp³-hybridized carbons (Fsp3) is 0.800. The van der Waals surface area contributed by atoms with Crippen molar-refractivity contribution >= 4 is 5.97 Å².